The number of imide groups is 1. The molecule has 2 aromatic rings. The van der Waals surface area contributed by atoms with Gasteiger partial charge in [-0.2, -0.15) is 0 Å². The van der Waals surface area contributed by atoms with Gasteiger partial charge in [0.25, 0.3) is 11.8 Å². The maximum atomic E-state index is 12.2. The Morgan fingerprint density at radius 3 is 2.23 bits per heavy atom. The van der Waals surface area contributed by atoms with Crippen molar-refractivity contribution in [1.82, 2.24) is 4.90 Å². The normalized spacial score (nSPS) is 13.2. The summed E-state index contributed by atoms with van der Waals surface area (Å²) in [7, 11) is 1.44. The molecule has 8 nitrogen and oxygen atoms in total. The first-order chi connectivity index (χ1) is 14.3. The molecule has 1 N–H and O–H groups in total. The first kappa shape index (κ1) is 21.6. The lowest BCUT2D eigenvalue weighted by Crippen LogP contribution is -2.24. The number of hydrogen-bond acceptors (Lipinski definition) is 6. The third kappa shape index (κ3) is 4.11. The van der Waals surface area contributed by atoms with Crippen molar-refractivity contribution in [3.8, 4) is 0 Å². The zero-order chi connectivity index (χ0) is 22.0. The van der Waals surface area contributed by atoms with Crippen LogP contribution < -0.4 is 10.2 Å². The van der Waals surface area contributed by atoms with E-state index in [1.165, 1.54) is 20.0 Å². The van der Waals surface area contributed by atoms with Crippen LogP contribution in [0.25, 0.3) is 0 Å². The minimum absolute atomic E-state index is 0.214. The molecule has 0 spiro atoms. The lowest BCUT2D eigenvalue weighted by atomic mass is 10.1. The molecule has 0 saturated carbocycles. The van der Waals surface area contributed by atoms with Crippen LogP contribution in [-0.2, 0) is 4.79 Å². The molecule has 0 atom stereocenters. The van der Waals surface area contributed by atoms with Crippen LogP contribution in [0.5, 0.6) is 0 Å². The molecule has 3 rings (SSSR count). The van der Waals surface area contributed by atoms with Crippen LogP contribution >= 0.6 is 15.9 Å². The summed E-state index contributed by atoms with van der Waals surface area (Å²) < 4.78 is 0.544. The van der Waals surface area contributed by atoms with Crippen LogP contribution in [0.4, 0.5) is 22.7 Å². The van der Waals surface area contributed by atoms with Gasteiger partial charge in [0.05, 0.1) is 16.8 Å². The van der Waals surface area contributed by atoms with Crippen LogP contribution in [0.1, 0.15) is 41.5 Å². The Balaban J connectivity index is 1.99. The van der Waals surface area contributed by atoms with E-state index in [9.17, 15) is 14.4 Å². The minimum atomic E-state index is -0.374. The Labute approximate surface area is 183 Å². The number of benzene rings is 2. The summed E-state index contributed by atoms with van der Waals surface area (Å²) in [6.45, 7) is 7.22. The summed E-state index contributed by atoms with van der Waals surface area (Å²) in [5.41, 5.74) is 3.02. The summed E-state index contributed by atoms with van der Waals surface area (Å²) in [5, 5.41) is 11.3. The van der Waals surface area contributed by atoms with Crippen LogP contribution in [0.3, 0.4) is 0 Å². The van der Waals surface area contributed by atoms with Crippen molar-refractivity contribution >= 4 is 56.4 Å². The molecule has 0 bridgehead atoms. The lowest BCUT2D eigenvalue weighted by molar-refractivity contribution is -0.114. The number of nitrogens with one attached hydrogen (secondary N) is 1. The van der Waals surface area contributed by atoms with E-state index in [-0.39, 0.29) is 17.7 Å². The molecule has 1 aliphatic rings. The molecule has 0 radical (unpaired) electrons. The van der Waals surface area contributed by atoms with Crippen molar-refractivity contribution in [2.75, 3.05) is 30.4 Å². The van der Waals surface area contributed by atoms with Crippen molar-refractivity contribution in [2.45, 2.75) is 20.8 Å². The number of azo groups is 1. The van der Waals surface area contributed by atoms with E-state index < -0.39 is 0 Å². The number of halogens is 1. The van der Waals surface area contributed by atoms with E-state index in [4.69, 9.17) is 0 Å². The second-order valence-corrected chi connectivity index (χ2v) is 7.63. The summed E-state index contributed by atoms with van der Waals surface area (Å²) in [4.78, 5) is 39.2. The van der Waals surface area contributed by atoms with Gasteiger partial charge in [-0.15, -0.1) is 10.2 Å². The van der Waals surface area contributed by atoms with Gasteiger partial charge in [-0.1, -0.05) is 0 Å². The fraction of sp³-hybridized carbons (Fsp3) is 0.286. The van der Waals surface area contributed by atoms with Crippen molar-refractivity contribution in [2.24, 2.45) is 10.2 Å². The maximum Gasteiger partial charge on any atom is 0.261 e. The molecule has 3 amide bonds. The molecule has 0 aromatic heterocycles. The monoisotopic (exact) mass is 471 g/mol. The molecule has 0 saturated heterocycles. The Hall–Kier alpha value is -3.07. The summed E-state index contributed by atoms with van der Waals surface area (Å²) >= 11 is 3.39. The summed E-state index contributed by atoms with van der Waals surface area (Å²) in [6, 6.07) is 8.67. The summed E-state index contributed by atoms with van der Waals surface area (Å²) in [5.74, 6) is -0.936. The molecule has 156 valence electrons. The SMILES string of the molecule is CCN(CC)c1ccc(N=Nc2cc3c(cc2Br)C(=O)N(C)C3=O)c(NC(C)=O)c1. The van der Waals surface area contributed by atoms with Gasteiger partial charge >= 0.3 is 0 Å². The van der Waals surface area contributed by atoms with Gasteiger partial charge < -0.3 is 10.2 Å². The van der Waals surface area contributed by atoms with E-state index in [2.05, 4.69) is 50.2 Å². The molecular formula is C21H22BrN5O3. The molecule has 0 aliphatic carbocycles. The number of carbonyl (C=O) groups excluding carboxylic acids is 3. The van der Waals surface area contributed by atoms with Crippen LogP contribution in [0.15, 0.2) is 45.0 Å². The van der Waals surface area contributed by atoms with E-state index >= 15 is 0 Å². The third-order valence-corrected chi connectivity index (χ3v) is 5.48. The highest BCUT2D eigenvalue weighted by atomic mass is 79.9. The van der Waals surface area contributed by atoms with Crippen LogP contribution in [-0.4, -0.2) is 42.8 Å². The number of amides is 3. The smallest absolute Gasteiger partial charge is 0.261 e. The summed E-state index contributed by atoms with van der Waals surface area (Å²) in [6.07, 6.45) is 0. The number of rotatable bonds is 6. The second-order valence-electron chi connectivity index (χ2n) is 6.77. The maximum absolute atomic E-state index is 12.2. The Morgan fingerprint density at radius 2 is 1.63 bits per heavy atom. The first-order valence-electron chi connectivity index (χ1n) is 9.51. The highest BCUT2D eigenvalue weighted by Gasteiger charge is 2.33. The Kier molecular flexibility index (Phi) is 6.31. The highest BCUT2D eigenvalue weighted by molar-refractivity contribution is 9.10. The number of carbonyl (C=O) groups is 3. The second kappa shape index (κ2) is 8.74. The molecule has 30 heavy (non-hydrogen) atoms. The molecule has 1 heterocycles. The van der Waals surface area contributed by atoms with Gasteiger partial charge in [0.1, 0.15) is 11.4 Å². The molecular weight excluding hydrogens is 450 g/mol. The van der Waals surface area contributed by atoms with Crippen molar-refractivity contribution in [3.63, 3.8) is 0 Å². The largest absolute Gasteiger partial charge is 0.372 e. The van der Waals surface area contributed by atoms with Gasteiger partial charge in [0.15, 0.2) is 0 Å². The van der Waals surface area contributed by atoms with Gasteiger partial charge in [0.2, 0.25) is 5.91 Å². The Morgan fingerprint density at radius 1 is 1.03 bits per heavy atom. The van der Waals surface area contributed by atoms with Crippen LogP contribution in [0, 0.1) is 0 Å². The molecule has 1 aliphatic heterocycles. The third-order valence-electron chi connectivity index (χ3n) is 4.84. The molecule has 9 heteroatoms. The zero-order valence-corrected chi connectivity index (χ0v) is 18.8. The van der Waals surface area contributed by atoms with Gasteiger partial charge in [0, 0.05) is 37.2 Å². The number of nitrogens with zero attached hydrogens (tertiary/aromatic N) is 4. The van der Waals surface area contributed by atoms with Crippen LogP contribution in [0.2, 0.25) is 0 Å². The predicted octanol–water partition coefficient (Wildman–Crippen LogP) is 4.89. The average Bonchev–Trinajstić information content (AvgIpc) is 2.91. The fourth-order valence-electron chi connectivity index (χ4n) is 3.24. The number of hydrogen-bond donors (Lipinski definition) is 1. The van der Waals surface area contributed by atoms with E-state index in [0.29, 0.717) is 32.7 Å². The highest BCUT2D eigenvalue weighted by Crippen LogP contribution is 2.36. The molecule has 2 aromatic carbocycles. The molecule has 0 fully saturated rings. The fourth-order valence-corrected chi connectivity index (χ4v) is 3.66. The van der Waals surface area contributed by atoms with Crippen molar-refractivity contribution in [3.05, 3.63) is 45.9 Å². The standard InChI is InChI=1S/C21H22BrN5O3/c1-5-27(6-2)13-7-8-17(19(9-13)23-12(3)28)24-25-18-11-15-14(10-16(18)22)20(29)26(4)21(15)30/h7-11H,5-6H2,1-4H3,(H,23,28). The lowest BCUT2D eigenvalue weighted by Gasteiger charge is -2.22. The Bertz CT molecular complexity index is 1060. The minimum Gasteiger partial charge on any atom is -0.372 e. The number of anilines is 2. The predicted molar refractivity (Wildman–Crippen MR) is 119 cm³/mol. The van der Waals surface area contributed by atoms with Gasteiger partial charge in [-0.25, -0.2) is 0 Å². The van der Waals surface area contributed by atoms with Gasteiger partial charge in [-0.05, 0) is 60.1 Å². The van der Waals surface area contributed by atoms with Crippen molar-refractivity contribution < 1.29 is 14.4 Å². The van der Waals surface area contributed by atoms with E-state index in [1.807, 2.05) is 12.1 Å². The van der Waals surface area contributed by atoms with E-state index in [1.54, 1.807) is 12.1 Å². The quantitative estimate of drug-likeness (QED) is 0.478. The topological polar surface area (TPSA) is 94.4 Å². The first-order valence-corrected chi connectivity index (χ1v) is 10.3. The van der Waals surface area contributed by atoms with Gasteiger partial charge in [-0.3, -0.25) is 19.3 Å². The van der Waals surface area contributed by atoms with Crippen molar-refractivity contribution in [1.29, 1.82) is 0 Å². The number of fused-ring (bicyclic) bond motifs is 1. The molecule has 0 unspecified atom stereocenters. The van der Waals surface area contributed by atoms with E-state index in [0.717, 1.165) is 23.7 Å². The zero-order valence-electron chi connectivity index (χ0n) is 17.2. The average molecular weight is 472 g/mol.